The number of nitrogens with one attached hydrogen (secondary N) is 1. The molecule has 0 radical (unpaired) electrons. The third kappa shape index (κ3) is 3.81. The molecule has 0 amide bonds. The second-order valence-electron chi connectivity index (χ2n) is 5.26. The van der Waals surface area contributed by atoms with Gasteiger partial charge in [-0.1, -0.05) is 31.4 Å². The zero-order chi connectivity index (χ0) is 14.2. The molecule has 110 valence electrons. The van der Waals surface area contributed by atoms with Gasteiger partial charge in [0.2, 0.25) is 0 Å². The Kier molecular flexibility index (Phi) is 6.02. The Hall–Kier alpha value is -1.39. The molecule has 1 fully saturated rings. The highest BCUT2D eigenvalue weighted by molar-refractivity contribution is 5.99. The van der Waals surface area contributed by atoms with Crippen molar-refractivity contribution in [2.75, 3.05) is 13.2 Å². The highest BCUT2D eigenvalue weighted by atomic mass is 16.3. The molecule has 2 aliphatic rings. The molecule has 1 aliphatic heterocycles. The molecule has 4 nitrogen and oxygen atoms in total. The third-order valence-electron chi connectivity index (χ3n) is 3.90. The van der Waals surface area contributed by atoms with Crippen LogP contribution in [0, 0.1) is 5.92 Å². The molecule has 1 saturated carbocycles. The lowest BCUT2D eigenvalue weighted by atomic mass is 9.81. The van der Waals surface area contributed by atoms with Crippen molar-refractivity contribution in [1.29, 1.82) is 0 Å². The van der Waals surface area contributed by atoms with Gasteiger partial charge in [-0.2, -0.15) is 5.10 Å². The fraction of sp³-hybridized carbons (Fsp3) is 0.562. The molecule has 0 aromatic heterocycles. The third-order valence-corrected chi connectivity index (χ3v) is 3.90. The van der Waals surface area contributed by atoms with Crippen LogP contribution in [0.15, 0.2) is 40.7 Å². The van der Waals surface area contributed by atoms with Crippen LogP contribution < -0.4 is 5.43 Å². The van der Waals surface area contributed by atoms with E-state index in [0.29, 0.717) is 5.92 Å². The van der Waals surface area contributed by atoms with Gasteiger partial charge in [-0.05, 0) is 37.0 Å². The molecule has 0 saturated heterocycles. The number of hydrogen-bond donors (Lipinski definition) is 3. The van der Waals surface area contributed by atoms with Crippen molar-refractivity contribution in [3.05, 3.63) is 35.6 Å². The van der Waals surface area contributed by atoms with E-state index in [1.165, 1.54) is 31.3 Å². The van der Waals surface area contributed by atoms with E-state index >= 15 is 0 Å². The van der Waals surface area contributed by atoms with Gasteiger partial charge in [-0.3, -0.25) is 5.43 Å². The first-order valence-electron chi connectivity index (χ1n) is 7.48. The average molecular weight is 276 g/mol. The van der Waals surface area contributed by atoms with Crippen LogP contribution in [0.3, 0.4) is 0 Å². The van der Waals surface area contributed by atoms with Crippen LogP contribution in [0.25, 0.3) is 0 Å². The Morgan fingerprint density at radius 3 is 2.60 bits per heavy atom. The van der Waals surface area contributed by atoms with Gasteiger partial charge in [-0.25, -0.2) is 0 Å². The molecular weight excluding hydrogens is 252 g/mol. The summed E-state index contributed by atoms with van der Waals surface area (Å²) in [4.78, 5) is 0. The minimum atomic E-state index is 0.0437. The van der Waals surface area contributed by atoms with Gasteiger partial charge in [0.15, 0.2) is 0 Å². The van der Waals surface area contributed by atoms with Crippen molar-refractivity contribution in [1.82, 2.24) is 5.43 Å². The molecule has 0 aromatic rings. The molecule has 0 bridgehead atoms. The Morgan fingerprint density at radius 2 is 1.80 bits per heavy atom. The molecule has 1 aliphatic carbocycles. The smallest absolute Gasteiger partial charge is 0.0677 e. The summed E-state index contributed by atoms with van der Waals surface area (Å²) >= 11 is 0. The van der Waals surface area contributed by atoms with E-state index in [2.05, 4.69) is 10.5 Å². The zero-order valence-corrected chi connectivity index (χ0v) is 11.9. The topological polar surface area (TPSA) is 64.9 Å². The van der Waals surface area contributed by atoms with Crippen molar-refractivity contribution >= 4 is 5.71 Å². The Bertz CT molecular complexity index is 436. The maximum atomic E-state index is 8.95. The SMILES string of the molecule is OC/C=C\C1=NNC(/C=C\CO)=C2CCCCCCC12. The number of hydrogen-bond acceptors (Lipinski definition) is 4. The number of allylic oxidation sites excluding steroid dienone is 3. The van der Waals surface area contributed by atoms with Gasteiger partial charge in [0.25, 0.3) is 0 Å². The number of aliphatic hydroxyl groups excluding tert-OH is 2. The fourth-order valence-electron chi connectivity index (χ4n) is 2.93. The second kappa shape index (κ2) is 8.02. The molecule has 20 heavy (non-hydrogen) atoms. The van der Waals surface area contributed by atoms with Gasteiger partial charge in [0, 0.05) is 5.92 Å². The van der Waals surface area contributed by atoms with Crippen LogP contribution in [0.5, 0.6) is 0 Å². The first-order chi connectivity index (χ1) is 9.86. The lowest BCUT2D eigenvalue weighted by Gasteiger charge is -2.29. The second-order valence-corrected chi connectivity index (χ2v) is 5.26. The average Bonchev–Trinajstić information content (AvgIpc) is 2.44. The predicted octanol–water partition coefficient (Wildman–Crippen LogP) is 2.27. The molecule has 3 N–H and O–H groups in total. The summed E-state index contributed by atoms with van der Waals surface area (Å²) in [5, 5.41) is 22.3. The van der Waals surface area contributed by atoms with E-state index in [1.807, 2.05) is 12.2 Å². The van der Waals surface area contributed by atoms with Crippen molar-refractivity contribution in [3.8, 4) is 0 Å². The highest BCUT2D eigenvalue weighted by Gasteiger charge is 2.25. The first kappa shape index (κ1) is 15.0. The van der Waals surface area contributed by atoms with Crippen LogP contribution in [0.4, 0.5) is 0 Å². The van der Waals surface area contributed by atoms with Gasteiger partial charge < -0.3 is 10.2 Å². The van der Waals surface area contributed by atoms with E-state index in [4.69, 9.17) is 10.2 Å². The normalized spacial score (nSPS) is 24.3. The number of hydrazone groups is 1. The van der Waals surface area contributed by atoms with Gasteiger partial charge in [0.05, 0.1) is 24.6 Å². The number of aliphatic hydroxyl groups is 2. The highest BCUT2D eigenvalue weighted by Crippen LogP contribution is 2.33. The van der Waals surface area contributed by atoms with Crippen molar-refractivity contribution in [2.45, 2.75) is 38.5 Å². The van der Waals surface area contributed by atoms with Crippen LogP contribution in [-0.4, -0.2) is 29.1 Å². The first-order valence-corrected chi connectivity index (χ1v) is 7.48. The minimum Gasteiger partial charge on any atom is -0.392 e. The molecule has 0 aromatic carbocycles. The summed E-state index contributed by atoms with van der Waals surface area (Å²) in [6, 6.07) is 0. The summed E-state index contributed by atoms with van der Waals surface area (Å²) in [6.07, 6.45) is 14.5. The molecule has 0 spiro atoms. The van der Waals surface area contributed by atoms with Crippen molar-refractivity contribution < 1.29 is 10.2 Å². The Balaban J connectivity index is 2.26. The zero-order valence-electron chi connectivity index (χ0n) is 11.9. The number of nitrogens with zero attached hydrogens (tertiary/aromatic N) is 1. The van der Waals surface area contributed by atoms with Crippen LogP contribution in [0.1, 0.15) is 38.5 Å². The monoisotopic (exact) mass is 276 g/mol. The Morgan fingerprint density at radius 1 is 1.05 bits per heavy atom. The van der Waals surface area contributed by atoms with E-state index in [0.717, 1.165) is 24.3 Å². The van der Waals surface area contributed by atoms with Crippen LogP contribution in [-0.2, 0) is 0 Å². The Labute approximate surface area is 120 Å². The van der Waals surface area contributed by atoms with Crippen molar-refractivity contribution in [3.63, 3.8) is 0 Å². The molecule has 2 rings (SSSR count). The summed E-state index contributed by atoms with van der Waals surface area (Å²) in [7, 11) is 0. The predicted molar refractivity (Wildman–Crippen MR) is 81.2 cm³/mol. The van der Waals surface area contributed by atoms with Crippen LogP contribution in [0.2, 0.25) is 0 Å². The lowest BCUT2D eigenvalue weighted by molar-refractivity contribution is 0.342. The number of rotatable bonds is 4. The maximum Gasteiger partial charge on any atom is 0.0677 e. The fourth-order valence-corrected chi connectivity index (χ4v) is 2.93. The molecule has 1 atom stereocenters. The molecule has 1 unspecified atom stereocenters. The molecule has 4 heteroatoms. The molecule has 1 heterocycles. The van der Waals surface area contributed by atoms with E-state index in [-0.39, 0.29) is 13.2 Å². The standard InChI is InChI=1S/C16H24N2O2/c19-11-5-9-15-13-7-3-1-2-4-8-14(13)16(18-17-15)10-6-12-20/h5-6,9-10,13,18-20H,1-4,7-8,11-12H2/b9-5-,10-6-. The quantitative estimate of drug-likeness (QED) is 0.738. The van der Waals surface area contributed by atoms with Gasteiger partial charge in [0.1, 0.15) is 0 Å². The van der Waals surface area contributed by atoms with E-state index in [9.17, 15) is 0 Å². The van der Waals surface area contributed by atoms with E-state index < -0.39 is 0 Å². The lowest BCUT2D eigenvalue weighted by Crippen LogP contribution is -2.28. The van der Waals surface area contributed by atoms with Crippen LogP contribution >= 0.6 is 0 Å². The molecular formula is C16H24N2O2. The minimum absolute atomic E-state index is 0.0437. The maximum absolute atomic E-state index is 8.95. The number of fused-ring (bicyclic) bond motifs is 1. The van der Waals surface area contributed by atoms with E-state index in [1.54, 1.807) is 12.2 Å². The largest absolute Gasteiger partial charge is 0.392 e. The summed E-state index contributed by atoms with van der Waals surface area (Å²) in [6.45, 7) is 0.0895. The summed E-state index contributed by atoms with van der Waals surface area (Å²) < 4.78 is 0. The summed E-state index contributed by atoms with van der Waals surface area (Å²) in [5.41, 5.74) is 6.53. The van der Waals surface area contributed by atoms with Gasteiger partial charge >= 0.3 is 0 Å². The van der Waals surface area contributed by atoms with Crippen molar-refractivity contribution in [2.24, 2.45) is 11.0 Å². The van der Waals surface area contributed by atoms with Gasteiger partial charge in [-0.15, -0.1) is 0 Å². The summed E-state index contributed by atoms with van der Waals surface area (Å²) in [5.74, 6) is 0.345.